The average Bonchev–Trinajstić information content (AvgIpc) is 2.94. The van der Waals surface area contributed by atoms with Crippen LogP contribution in [0.2, 0.25) is 18.1 Å². The average molecular weight is 495 g/mol. The Labute approximate surface area is 207 Å². The van der Waals surface area contributed by atoms with Gasteiger partial charge in [-0.05, 0) is 56.3 Å². The molecule has 0 aromatic rings. The van der Waals surface area contributed by atoms with E-state index in [1.807, 2.05) is 13.0 Å². The Bertz CT molecular complexity index is 734. The minimum absolute atomic E-state index is 0.00448. The number of fused-ring (bicyclic) bond motifs is 1. The smallest absolute Gasteiger partial charge is 0.331 e. The van der Waals surface area contributed by atoms with E-state index >= 15 is 0 Å². The molecule has 2 fully saturated rings. The molecule has 1 saturated heterocycles. The number of hydrogen-bond acceptors (Lipinski definition) is 5. The maximum Gasteiger partial charge on any atom is 0.331 e. The van der Waals surface area contributed by atoms with Crippen LogP contribution in [-0.2, 0) is 23.4 Å². The summed E-state index contributed by atoms with van der Waals surface area (Å²) < 4.78 is 25.7. The van der Waals surface area contributed by atoms with Crippen molar-refractivity contribution < 1.29 is 28.5 Å². The summed E-state index contributed by atoms with van der Waals surface area (Å²) >= 11 is 0. The Balaban J connectivity index is 1.77. The van der Waals surface area contributed by atoms with E-state index in [9.17, 15) is 9.90 Å². The van der Waals surface area contributed by atoms with Gasteiger partial charge in [-0.3, -0.25) is 0 Å². The van der Waals surface area contributed by atoms with Gasteiger partial charge in [-0.1, -0.05) is 46.3 Å². The monoisotopic (exact) mass is 494 g/mol. The molecule has 34 heavy (non-hydrogen) atoms. The van der Waals surface area contributed by atoms with Gasteiger partial charge in [-0.15, -0.1) is 0 Å². The first-order valence-corrected chi connectivity index (χ1v) is 16.1. The summed E-state index contributed by atoms with van der Waals surface area (Å²) in [5.74, 6) is -0.465. The van der Waals surface area contributed by atoms with Crippen molar-refractivity contribution in [2.45, 2.75) is 115 Å². The highest BCUT2D eigenvalue weighted by molar-refractivity contribution is 6.74. The lowest BCUT2D eigenvalue weighted by Gasteiger charge is -2.38. The van der Waals surface area contributed by atoms with Gasteiger partial charge in [-0.25, -0.2) is 4.79 Å². The Morgan fingerprint density at radius 2 is 2.03 bits per heavy atom. The van der Waals surface area contributed by atoms with Crippen LogP contribution in [-0.4, -0.2) is 57.2 Å². The summed E-state index contributed by atoms with van der Waals surface area (Å²) in [6.45, 7) is 14.8. The summed E-state index contributed by atoms with van der Waals surface area (Å²) in [4.78, 5) is 11.7. The summed E-state index contributed by atoms with van der Waals surface area (Å²) in [5.41, 5.74) is 0.443. The van der Waals surface area contributed by atoms with Crippen LogP contribution in [0.5, 0.6) is 0 Å². The third kappa shape index (κ3) is 7.03. The van der Waals surface area contributed by atoms with E-state index in [0.717, 1.165) is 38.7 Å². The predicted octanol–water partition coefficient (Wildman–Crippen LogP) is 6.08. The van der Waals surface area contributed by atoms with Crippen LogP contribution in [0.1, 0.15) is 72.6 Å². The fourth-order valence-electron chi connectivity index (χ4n) is 4.92. The molecule has 2 aliphatic heterocycles. The SMILES string of the molecule is CCC/C(=C\[C@H]1CC=C[C@@H]2[C@@H](CO[Si](C)(C)C(C)(C)C)[C@H](OC3CCCCO3)C[C@@H]2O1)C(=O)O. The van der Waals surface area contributed by atoms with E-state index in [0.29, 0.717) is 25.0 Å². The van der Waals surface area contributed by atoms with E-state index < -0.39 is 14.3 Å². The molecule has 3 rings (SSSR count). The zero-order valence-corrected chi connectivity index (χ0v) is 23.0. The lowest BCUT2D eigenvalue weighted by atomic mass is 9.94. The molecule has 3 aliphatic rings. The van der Waals surface area contributed by atoms with Crippen LogP contribution < -0.4 is 0 Å². The van der Waals surface area contributed by atoms with Gasteiger partial charge in [-0.2, -0.15) is 0 Å². The van der Waals surface area contributed by atoms with Crippen LogP contribution in [0.3, 0.4) is 0 Å². The minimum Gasteiger partial charge on any atom is -0.478 e. The van der Waals surface area contributed by atoms with Crippen molar-refractivity contribution in [1.29, 1.82) is 0 Å². The molecule has 194 valence electrons. The molecule has 0 radical (unpaired) electrons. The molecule has 0 spiro atoms. The standard InChI is InChI=1S/C27H46O6Si/c1-7-11-19(26(28)29)16-20-12-10-13-21-22(18-31-34(5,6)27(2,3)4)24(17-23(21)32-20)33-25-14-8-9-15-30-25/h10,13,16,20-25H,7-9,11-12,14-15,17-18H2,1-6H3,(H,28,29)/b19-16+/t20-,21-,22-,23+,24-,25?/m1/s1. The van der Waals surface area contributed by atoms with Crippen LogP contribution >= 0.6 is 0 Å². The van der Waals surface area contributed by atoms with Gasteiger partial charge in [0.05, 0.1) is 18.3 Å². The van der Waals surface area contributed by atoms with Gasteiger partial charge in [0, 0.05) is 37.0 Å². The Kier molecular flexibility index (Phi) is 9.60. The van der Waals surface area contributed by atoms with E-state index in [1.165, 1.54) is 0 Å². The van der Waals surface area contributed by atoms with Crippen LogP contribution in [0.25, 0.3) is 0 Å². The highest BCUT2D eigenvalue weighted by Crippen LogP contribution is 2.43. The molecule has 0 aromatic carbocycles. The molecular formula is C27H46O6Si. The van der Waals surface area contributed by atoms with Crippen LogP contribution in [0.15, 0.2) is 23.8 Å². The van der Waals surface area contributed by atoms with Crippen molar-refractivity contribution in [2.75, 3.05) is 13.2 Å². The molecule has 2 heterocycles. The lowest BCUT2D eigenvalue weighted by Crippen LogP contribution is -2.44. The second-order valence-corrected chi connectivity index (χ2v) is 16.5. The normalized spacial score (nSPS) is 32.9. The zero-order chi connectivity index (χ0) is 24.9. The Morgan fingerprint density at radius 3 is 2.65 bits per heavy atom. The Morgan fingerprint density at radius 1 is 1.26 bits per heavy atom. The summed E-state index contributed by atoms with van der Waals surface area (Å²) in [5, 5.41) is 9.73. The van der Waals surface area contributed by atoms with Crippen LogP contribution in [0, 0.1) is 11.8 Å². The van der Waals surface area contributed by atoms with Crippen molar-refractivity contribution in [3.05, 3.63) is 23.8 Å². The zero-order valence-electron chi connectivity index (χ0n) is 22.0. The van der Waals surface area contributed by atoms with Gasteiger partial charge >= 0.3 is 5.97 Å². The maximum absolute atomic E-state index is 11.7. The quantitative estimate of drug-likeness (QED) is 0.238. The maximum atomic E-state index is 11.7. The van der Waals surface area contributed by atoms with Crippen molar-refractivity contribution in [2.24, 2.45) is 11.8 Å². The first-order valence-electron chi connectivity index (χ1n) is 13.2. The molecule has 0 aromatic heterocycles. The summed E-state index contributed by atoms with van der Waals surface area (Å²) in [7, 11) is -1.91. The largest absolute Gasteiger partial charge is 0.478 e. The molecular weight excluding hydrogens is 448 g/mol. The van der Waals surface area contributed by atoms with Gasteiger partial charge in [0.1, 0.15) is 0 Å². The molecule has 6 nitrogen and oxygen atoms in total. The fourth-order valence-corrected chi connectivity index (χ4v) is 5.96. The molecule has 1 saturated carbocycles. The van der Waals surface area contributed by atoms with Crippen molar-refractivity contribution >= 4 is 14.3 Å². The number of hydrogen-bond donors (Lipinski definition) is 1. The molecule has 6 atom stereocenters. The predicted molar refractivity (Wildman–Crippen MR) is 136 cm³/mol. The summed E-state index contributed by atoms with van der Waals surface area (Å²) in [6, 6.07) is 0. The van der Waals surface area contributed by atoms with E-state index in [4.69, 9.17) is 18.6 Å². The summed E-state index contributed by atoms with van der Waals surface area (Å²) in [6.07, 6.45) is 11.9. The molecule has 0 amide bonds. The van der Waals surface area contributed by atoms with Gasteiger partial charge < -0.3 is 23.7 Å². The fraction of sp³-hybridized carbons (Fsp3) is 0.815. The number of carboxylic acid groups (broad SMARTS) is 1. The van der Waals surface area contributed by atoms with Crippen molar-refractivity contribution in [1.82, 2.24) is 0 Å². The third-order valence-electron chi connectivity index (χ3n) is 8.03. The second-order valence-electron chi connectivity index (χ2n) is 11.6. The van der Waals surface area contributed by atoms with Gasteiger partial charge in [0.25, 0.3) is 0 Å². The van der Waals surface area contributed by atoms with Crippen LogP contribution in [0.4, 0.5) is 0 Å². The first-order chi connectivity index (χ1) is 16.0. The molecule has 7 heteroatoms. The van der Waals surface area contributed by atoms with E-state index in [1.54, 1.807) is 0 Å². The molecule has 0 bridgehead atoms. The highest BCUT2D eigenvalue weighted by Gasteiger charge is 2.47. The molecule has 1 aliphatic carbocycles. The topological polar surface area (TPSA) is 74.2 Å². The first kappa shape index (κ1) is 27.6. The number of carbonyl (C=O) groups is 1. The van der Waals surface area contributed by atoms with Gasteiger partial charge in [0.2, 0.25) is 0 Å². The second kappa shape index (κ2) is 11.8. The van der Waals surface area contributed by atoms with E-state index in [2.05, 4.69) is 46.0 Å². The van der Waals surface area contributed by atoms with Gasteiger partial charge in [0.15, 0.2) is 14.6 Å². The van der Waals surface area contributed by atoms with Crippen molar-refractivity contribution in [3.8, 4) is 0 Å². The number of aliphatic carboxylic acids is 1. The number of carboxylic acids is 1. The lowest BCUT2D eigenvalue weighted by molar-refractivity contribution is -0.197. The molecule has 1 unspecified atom stereocenters. The third-order valence-corrected chi connectivity index (χ3v) is 12.5. The van der Waals surface area contributed by atoms with Crippen molar-refractivity contribution in [3.63, 3.8) is 0 Å². The minimum atomic E-state index is -1.91. The number of rotatable bonds is 9. The number of ether oxygens (including phenoxy) is 3. The van der Waals surface area contributed by atoms with E-state index in [-0.39, 0.29) is 41.5 Å². The Hall–Kier alpha value is -0.993. The highest BCUT2D eigenvalue weighted by atomic mass is 28.4. The molecule has 1 N–H and O–H groups in total.